The van der Waals surface area contributed by atoms with Crippen LogP contribution in [0.2, 0.25) is 5.02 Å². The second-order valence-electron chi connectivity index (χ2n) is 6.32. The summed E-state index contributed by atoms with van der Waals surface area (Å²) in [6.45, 7) is 0.890. The number of amides is 2. The van der Waals surface area contributed by atoms with Gasteiger partial charge in [-0.15, -0.1) is 0 Å². The summed E-state index contributed by atoms with van der Waals surface area (Å²) in [4.78, 5) is 12.0. The van der Waals surface area contributed by atoms with Gasteiger partial charge < -0.3 is 15.7 Å². The molecule has 1 saturated carbocycles. The molecule has 0 bridgehead atoms. The minimum absolute atomic E-state index is 0.0181. The lowest BCUT2D eigenvalue weighted by Gasteiger charge is -2.23. The Labute approximate surface area is 140 Å². The quantitative estimate of drug-likeness (QED) is 0.772. The Kier molecular flexibility index (Phi) is 4.57. The molecule has 1 saturated heterocycles. The predicted octanol–water partition coefficient (Wildman–Crippen LogP) is 2.54. The SMILES string of the molecule is O=C(NCC1(O)CCSC1)NCC1(c2ccccc2Cl)CC1. The van der Waals surface area contributed by atoms with Crippen molar-refractivity contribution in [2.75, 3.05) is 24.6 Å². The molecule has 0 aromatic heterocycles. The summed E-state index contributed by atoms with van der Waals surface area (Å²) in [6.07, 6.45) is 2.82. The lowest BCUT2D eigenvalue weighted by Crippen LogP contribution is -2.47. The van der Waals surface area contributed by atoms with Gasteiger partial charge >= 0.3 is 6.03 Å². The van der Waals surface area contributed by atoms with Crippen molar-refractivity contribution in [2.24, 2.45) is 0 Å². The van der Waals surface area contributed by atoms with Crippen molar-refractivity contribution in [3.05, 3.63) is 34.9 Å². The van der Waals surface area contributed by atoms with Gasteiger partial charge in [-0.3, -0.25) is 0 Å². The first-order valence-corrected chi connectivity index (χ1v) is 9.13. The zero-order valence-corrected chi connectivity index (χ0v) is 14.0. The first kappa shape index (κ1) is 16.0. The molecule has 1 aliphatic carbocycles. The first-order valence-electron chi connectivity index (χ1n) is 7.60. The number of aliphatic hydroxyl groups is 1. The number of thioether (sulfide) groups is 1. The number of carbonyl (C=O) groups excluding carboxylic acids is 1. The monoisotopic (exact) mass is 340 g/mol. The van der Waals surface area contributed by atoms with Crippen molar-refractivity contribution in [1.29, 1.82) is 0 Å². The number of benzene rings is 1. The number of nitrogens with one attached hydrogen (secondary N) is 2. The highest BCUT2D eigenvalue weighted by molar-refractivity contribution is 7.99. The number of rotatable bonds is 5. The molecule has 2 fully saturated rings. The van der Waals surface area contributed by atoms with Gasteiger partial charge in [-0.2, -0.15) is 11.8 Å². The topological polar surface area (TPSA) is 61.4 Å². The van der Waals surface area contributed by atoms with E-state index in [9.17, 15) is 9.90 Å². The van der Waals surface area contributed by atoms with Gasteiger partial charge in [-0.05, 0) is 36.6 Å². The van der Waals surface area contributed by atoms with Crippen LogP contribution in [-0.4, -0.2) is 41.3 Å². The van der Waals surface area contributed by atoms with Crippen LogP contribution < -0.4 is 10.6 Å². The van der Waals surface area contributed by atoms with E-state index in [2.05, 4.69) is 10.6 Å². The third kappa shape index (κ3) is 3.53. The molecular weight excluding hydrogens is 320 g/mol. The van der Waals surface area contributed by atoms with E-state index in [-0.39, 0.29) is 11.4 Å². The van der Waals surface area contributed by atoms with E-state index in [1.165, 1.54) is 0 Å². The lowest BCUT2D eigenvalue weighted by atomic mass is 9.96. The average molecular weight is 341 g/mol. The van der Waals surface area contributed by atoms with E-state index in [0.29, 0.717) is 18.8 Å². The Hall–Kier alpha value is -0.910. The normalized spacial score (nSPS) is 25.7. The Morgan fingerprint density at radius 3 is 2.59 bits per heavy atom. The van der Waals surface area contributed by atoms with Gasteiger partial charge in [0.2, 0.25) is 0 Å². The van der Waals surface area contributed by atoms with Gasteiger partial charge in [0, 0.05) is 29.3 Å². The van der Waals surface area contributed by atoms with E-state index in [4.69, 9.17) is 11.6 Å². The summed E-state index contributed by atoms with van der Waals surface area (Å²) in [5, 5.41) is 16.7. The molecule has 2 aliphatic rings. The van der Waals surface area contributed by atoms with Crippen molar-refractivity contribution in [2.45, 2.75) is 30.3 Å². The third-order valence-electron chi connectivity index (χ3n) is 4.55. The fourth-order valence-electron chi connectivity index (χ4n) is 2.88. The zero-order chi connectivity index (χ0) is 15.6. The molecule has 1 atom stereocenters. The Morgan fingerprint density at radius 1 is 1.23 bits per heavy atom. The molecule has 1 aromatic rings. The van der Waals surface area contributed by atoms with Gasteiger partial charge in [0.05, 0.1) is 5.60 Å². The van der Waals surface area contributed by atoms with Crippen LogP contribution in [0.4, 0.5) is 4.79 Å². The van der Waals surface area contributed by atoms with E-state index >= 15 is 0 Å². The Morgan fingerprint density at radius 2 is 1.95 bits per heavy atom. The number of halogens is 1. The second kappa shape index (κ2) is 6.30. The highest BCUT2D eigenvalue weighted by Gasteiger charge is 2.45. The summed E-state index contributed by atoms with van der Waals surface area (Å²) in [7, 11) is 0. The molecule has 2 amide bonds. The van der Waals surface area contributed by atoms with Crippen molar-refractivity contribution in [3.8, 4) is 0 Å². The van der Waals surface area contributed by atoms with Crippen LogP contribution in [0.1, 0.15) is 24.8 Å². The van der Waals surface area contributed by atoms with Crippen LogP contribution in [0.5, 0.6) is 0 Å². The summed E-state index contributed by atoms with van der Waals surface area (Å²) in [5.74, 6) is 1.65. The third-order valence-corrected chi connectivity index (χ3v) is 6.11. The molecule has 0 radical (unpaired) electrons. The average Bonchev–Trinajstić information content (AvgIpc) is 3.18. The van der Waals surface area contributed by atoms with E-state index in [1.54, 1.807) is 11.8 Å². The van der Waals surface area contributed by atoms with Crippen molar-refractivity contribution >= 4 is 29.4 Å². The maximum atomic E-state index is 12.0. The Bertz CT molecular complexity index is 557. The van der Waals surface area contributed by atoms with Crippen molar-refractivity contribution in [1.82, 2.24) is 10.6 Å². The molecule has 1 aliphatic heterocycles. The summed E-state index contributed by atoms with van der Waals surface area (Å²) in [5.41, 5.74) is 0.348. The number of carbonyl (C=O) groups is 1. The molecule has 0 spiro atoms. The molecule has 3 N–H and O–H groups in total. The summed E-state index contributed by atoms with van der Waals surface area (Å²) in [6, 6.07) is 7.61. The van der Waals surface area contributed by atoms with Crippen LogP contribution in [0.25, 0.3) is 0 Å². The molecule has 120 valence electrons. The summed E-state index contributed by atoms with van der Waals surface area (Å²) >= 11 is 7.99. The maximum absolute atomic E-state index is 12.0. The number of hydrogen-bond acceptors (Lipinski definition) is 3. The largest absolute Gasteiger partial charge is 0.387 e. The van der Waals surface area contributed by atoms with Crippen LogP contribution in [0.15, 0.2) is 24.3 Å². The van der Waals surface area contributed by atoms with Crippen LogP contribution >= 0.6 is 23.4 Å². The van der Waals surface area contributed by atoms with Gasteiger partial charge in [0.15, 0.2) is 0 Å². The number of urea groups is 1. The highest BCUT2D eigenvalue weighted by atomic mass is 35.5. The number of hydrogen-bond donors (Lipinski definition) is 3. The van der Waals surface area contributed by atoms with Gasteiger partial charge in [0.25, 0.3) is 0 Å². The van der Waals surface area contributed by atoms with Crippen LogP contribution in [-0.2, 0) is 5.41 Å². The van der Waals surface area contributed by atoms with Gasteiger partial charge in [-0.1, -0.05) is 29.8 Å². The fraction of sp³-hybridized carbons (Fsp3) is 0.562. The molecule has 6 heteroatoms. The summed E-state index contributed by atoms with van der Waals surface area (Å²) < 4.78 is 0. The smallest absolute Gasteiger partial charge is 0.314 e. The molecule has 22 heavy (non-hydrogen) atoms. The van der Waals surface area contributed by atoms with Gasteiger partial charge in [0.1, 0.15) is 0 Å². The molecule has 1 aromatic carbocycles. The second-order valence-corrected chi connectivity index (χ2v) is 7.84. The molecule has 3 rings (SSSR count). The van der Waals surface area contributed by atoms with Crippen LogP contribution in [0, 0.1) is 0 Å². The first-order chi connectivity index (χ1) is 10.5. The fourth-order valence-corrected chi connectivity index (χ4v) is 4.51. The predicted molar refractivity (Wildman–Crippen MR) is 90.7 cm³/mol. The standard InChI is InChI=1S/C16H21ClN2O2S/c17-13-4-2-1-3-12(13)15(5-6-15)9-18-14(20)19-10-16(21)7-8-22-11-16/h1-4,21H,5-11H2,(H2,18,19,20). The van der Waals surface area contributed by atoms with Gasteiger partial charge in [-0.25, -0.2) is 4.79 Å². The van der Waals surface area contributed by atoms with Crippen LogP contribution in [0.3, 0.4) is 0 Å². The minimum Gasteiger partial charge on any atom is -0.387 e. The van der Waals surface area contributed by atoms with E-state index in [1.807, 2.05) is 24.3 Å². The minimum atomic E-state index is -0.748. The zero-order valence-electron chi connectivity index (χ0n) is 12.4. The van der Waals surface area contributed by atoms with Crippen molar-refractivity contribution in [3.63, 3.8) is 0 Å². The Balaban J connectivity index is 1.50. The maximum Gasteiger partial charge on any atom is 0.314 e. The van der Waals surface area contributed by atoms with Crippen molar-refractivity contribution < 1.29 is 9.90 Å². The highest BCUT2D eigenvalue weighted by Crippen LogP contribution is 2.49. The molecule has 4 nitrogen and oxygen atoms in total. The lowest BCUT2D eigenvalue weighted by molar-refractivity contribution is 0.0700. The molecule has 1 unspecified atom stereocenters. The van der Waals surface area contributed by atoms with E-state index in [0.717, 1.165) is 35.6 Å². The molecular formula is C16H21ClN2O2S. The molecule has 1 heterocycles. The van der Waals surface area contributed by atoms with E-state index < -0.39 is 5.60 Å².